The van der Waals surface area contributed by atoms with E-state index in [9.17, 15) is 19.2 Å². The Balaban J connectivity index is 0.000000144. The van der Waals surface area contributed by atoms with Gasteiger partial charge in [-0.3, -0.25) is 19.2 Å². The molecule has 22 nitrogen and oxygen atoms in total. The van der Waals surface area contributed by atoms with Crippen molar-refractivity contribution in [3.05, 3.63) is 351 Å². The van der Waals surface area contributed by atoms with Crippen molar-refractivity contribution in [2.45, 2.75) is 130 Å². The van der Waals surface area contributed by atoms with Crippen molar-refractivity contribution >= 4 is 212 Å². The van der Waals surface area contributed by atoms with Crippen LogP contribution in [-0.2, 0) is 12.8 Å². The molecular formula is C100H93BrCl3N15O7S5. The Morgan fingerprint density at radius 3 is 1.13 bits per heavy atom. The van der Waals surface area contributed by atoms with Crippen molar-refractivity contribution in [2.24, 2.45) is 0 Å². The van der Waals surface area contributed by atoms with Gasteiger partial charge in [0.05, 0.1) is 66.0 Å². The molecule has 19 aromatic rings. The number of aromatic nitrogens is 15. The SMILES string of the molecule is CCCOc1ccc(Br)c2c(=O)c3ccccc3sc12.CCc1ccc(Cl)c2c(=O)c3ccccc3sc12.CCc1nc(C)nc(C)n1.COc1ccc(Cl)c2c(=O)c3ccccc3sc12.Cc1ccc(Cl)c2c(=O)c3ccccc3sc12.Cc1nc(C)nc(/C=C/c2ccco2)n1.Cc1nc(C)nc(/C=C/c2cccs2)n1.Cc1nc(C)nc(C)n1.Cc1nc(C)nc(C)n1. The molecule has 31 heteroatoms. The molecule has 0 N–H and O–H groups in total. The highest BCUT2D eigenvalue weighted by molar-refractivity contribution is 9.10. The van der Waals surface area contributed by atoms with Crippen LogP contribution in [0.15, 0.2) is 210 Å². The van der Waals surface area contributed by atoms with Crippen LogP contribution in [0.25, 0.3) is 105 Å². The zero-order valence-corrected chi connectivity index (χ0v) is 83.0. The molecule has 0 radical (unpaired) electrons. The van der Waals surface area contributed by atoms with E-state index in [4.69, 9.17) is 48.7 Å². The van der Waals surface area contributed by atoms with Crippen LogP contribution in [0, 0.1) is 90.0 Å². The van der Waals surface area contributed by atoms with Crippen LogP contribution in [-0.4, -0.2) is 88.5 Å². The van der Waals surface area contributed by atoms with Crippen molar-refractivity contribution in [2.75, 3.05) is 13.7 Å². The fourth-order valence-corrected chi connectivity index (χ4v) is 20.2. The summed E-state index contributed by atoms with van der Waals surface area (Å²) >= 11 is 30.1. The molecule has 0 aliphatic heterocycles. The number of benzene rings is 8. The van der Waals surface area contributed by atoms with E-state index >= 15 is 0 Å². The Labute approximate surface area is 800 Å². The lowest BCUT2D eigenvalue weighted by Gasteiger charge is -2.09. The molecule has 11 aromatic heterocycles. The maximum absolute atomic E-state index is 12.7. The first-order valence-corrected chi connectivity index (χ1v) is 47.5. The summed E-state index contributed by atoms with van der Waals surface area (Å²) in [5.74, 6) is 13.8. The van der Waals surface area contributed by atoms with Crippen molar-refractivity contribution in [1.29, 1.82) is 0 Å². The van der Waals surface area contributed by atoms with Crippen molar-refractivity contribution in [3.8, 4) is 11.5 Å². The van der Waals surface area contributed by atoms with Gasteiger partial charge in [0.15, 0.2) is 33.4 Å². The van der Waals surface area contributed by atoms with Gasteiger partial charge < -0.3 is 13.9 Å². The van der Waals surface area contributed by atoms with Gasteiger partial charge in [0, 0.05) is 65.5 Å². The highest BCUT2D eigenvalue weighted by Gasteiger charge is 2.18. The molecule has 0 amide bonds. The van der Waals surface area contributed by atoms with Gasteiger partial charge in [-0.05, 0) is 263 Å². The highest BCUT2D eigenvalue weighted by atomic mass is 79.9. The number of hydrogen-bond donors (Lipinski definition) is 0. The number of rotatable bonds is 10. The largest absolute Gasteiger partial charge is 0.495 e. The van der Waals surface area contributed by atoms with Crippen LogP contribution >= 0.6 is 107 Å². The quantitative estimate of drug-likeness (QED) is 0.115. The number of furan rings is 1. The summed E-state index contributed by atoms with van der Waals surface area (Å²) < 4.78 is 24.7. The highest BCUT2D eigenvalue weighted by Crippen LogP contribution is 2.39. The van der Waals surface area contributed by atoms with E-state index in [1.165, 1.54) is 21.8 Å². The third-order valence-corrected chi connectivity index (χ3v) is 26.1. The van der Waals surface area contributed by atoms with Gasteiger partial charge in [0.2, 0.25) is 0 Å². The summed E-state index contributed by atoms with van der Waals surface area (Å²) in [6, 6.07) is 53.3. The molecular weight excluding hydrogens is 1870 g/mol. The normalized spacial score (nSPS) is 10.8. The van der Waals surface area contributed by atoms with Crippen LogP contribution in [0.2, 0.25) is 15.1 Å². The Bertz CT molecular complexity index is 7170. The number of fused-ring (bicyclic) bond motifs is 8. The molecule has 0 aliphatic carbocycles. The van der Waals surface area contributed by atoms with Crippen LogP contribution in [0.1, 0.15) is 136 Å². The van der Waals surface area contributed by atoms with Gasteiger partial charge >= 0.3 is 0 Å². The second-order valence-electron chi connectivity index (χ2n) is 29.0. The Kier molecular flexibility index (Phi) is 36.1. The first-order valence-electron chi connectivity index (χ1n) is 41.4. The Morgan fingerprint density at radius 1 is 0.359 bits per heavy atom. The van der Waals surface area contributed by atoms with Crippen molar-refractivity contribution in [1.82, 2.24) is 74.8 Å². The van der Waals surface area contributed by atoms with E-state index in [1.807, 2.05) is 266 Å². The van der Waals surface area contributed by atoms with Gasteiger partial charge in [-0.1, -0.05) is 122 Å². The van der Waals surface area contributed by atoms with Gasteiger partial charge in [0.25, 0.3) is 0 Å². The van der Waals surface area contributed by atoms with Gasteiger partial charge in [-0.15, -0.1) is 56.7 Å². The monoisotopic (exact) mass is 1960 g/mol. The topological polar surface area (TPSA) is 293 Å². The summed E-state index contributed by atoms with van der Waals surface area (Å²) in [7, 11) is 1.59. The van der Waals surface area contributed by atoms with Crippen LogP contribution in [0.5, 0.6) is 11.5 Å². The summed E-state index contributed by atoms with van der Waals surface area (Å²) in [6.45, 7) is 31.2. The first kappa shape index (κ1) is 99.4. The number of ether oxygens (including phenoxy) is 2. The zero-order valence-electron chi connectivity index (χ0n) is 75.1. The smallest absolute Gasteiger partial charge is 0.197 e. The lowest BCUT2D eigenvalue weighted by atomic mass is 10.1. The molecule has 0 spiro atoms. The summed E-state index contributed by atoms with van der Waals surface area (Å²) in [6.07, 6.45) is 11.9. The van der Waals surface area contributed by atoms with Gasteiger partial charge in [0.1, 0.15) is 93.0 Å². The van der Waals surface area contributed by atoms with Crippen LogP contribution < -0.4 is 31.2 Å². The molecule has 668 valence electrons. The van der Waals surface area contributed by atoms with Gasteiger partial charge in [-0.2, -0.15) is 0 Å². The van der Waals surface area contributed by atoms with E-state index in [-0.39, 0.29) is 21.7 Å². The number of aryl methyl sites for hydroxylation is 15. The van der Waals surface area contributed by atoms with Gasteiger partial charge in [-0.25, -0.2) is 74.8 Å². The molecule has 8 aromatic carbocycles. The number of halogens is 4. The minimum atomic E-state index is -0.0387. The molecule has 0 saturated heterocycles. The standard InChI is InChI=1S/C16H13BrO2S.C15H11ClOS.C14H9ClO2S.C14H9ClOS.C11H11N3O.C11H11N3S.C7H11N3.2C6H9N3/c1-2-9-19-12-8-7-11(17)14-15(18)10-5-3-4-6-13(10)20-16(12)14;1-2-9-7-8-11(16)13-14(17)10-5-3-4-6-12(10)18-15(9)13;1-17-10-7-6-9(15)12-13(16)8-4-2-3-5-11(8)18-14(10)12;1-8-6-7-10(15)12-13(16)9-4-2-3-5-11(9)17-14(8)12;2*1-8-12-9(2)14-11(13-8)6-5-10-4-3-7-15-10;1-4-7-9-5(2)8-6(3)10-7;2*1-4-7-5(2)9-6(3)8-4/h3-8H,2,9H2,1H3;3-8H,2H2,1H3;2-7H,1H3;2-7H,1H3;2*3-7H,1-2H3;4H2,1-3H3;2*1-3H3/b;;;;2*6-5+;;;. The molecule has 0 saturated carbocycles. The van der Waals surface area contributed by atoms with E-state index in [0.29, 0.717) is 66.0 Å². The second kappa shape index (κ2) is 47.6. The van der Waals surface area contributed by atoms with E-state index in [2.05, 4.69) is 111 Å². The molecule has 131 heavy (non-hydrogen) atoms. The fraction of sp³-hybridized carbons (Fsp3) is 0.210. The maximum atomic E-state index is 12.7. The van der Waals surface area contributed by atoms with E-state index in [0.717, 1.165) is 170 Å². The second-order valence-corrected chi connectivity index (χ2v) is 36.3. The van der Waals surface area contributed by atoms with Crippen molar-refractivity contribution in [3.63, 3.8) is 0 Å². The minimum Gasteiger partial charge on any atom is -0.495 e. The number of hydrogen-bond acceptors (Lipinski definition) is 27. The summed E-state index contributed by atoms with van der Waals surface area (Å²) in [5.41, 5.74) is 2.37. The number of methoxy groups -OCH3 is 1. The molecule has 0 atom stereocenters. The molecule has 11 heterocycles. The zero-order chi connectivity index (χ0) is 94.1. The molecule has 19 rings (SSSR count). The lowest BCUT2D eigenvalue weighted by Crippen LogP contribution is -2.03. The average molecular weight is 1960 g/mol. The maximum Gasteiger partial charge on any atom is 0.197 e. The predicted octanol–water partition coefficient (Wildman–Crippen LogP) is 25.7. The summed E-state index contributed by atoms with van der Waals surface area (Å²) in [5, 5.41) is 9.14. The van der Waals surface area contributed by atoms with Crippen molar-refractivity contribution < 1.29 is 13.9 Å². The predicted molar refractivity (Wildman–Crippen MR) is 548 cm³/mol. The molecule has 0 fully saturated rings. The third-order valence-electron chi connectivity index (χ3n) is 18.8. The number of thiophene rings is 1. The van der Waals surface area contributed by atoms with E-state index < -0.39 is 0 Å². The third kappa shape index (κ3) is 27.0. The van der Waals surface area contributed by atoms with Crippen LogP contribution in [0.3, 0.4) is 0 Å². The lowest BCUT2D eigenvalue weighted by molar-refractivity contribution is 0.321. The summed E-state index contributed by atoms with van der Waals surface area (Å²) in [4.78, 5) is 113. The average Bonchev–Trinajstić information content (AvgIpc) is 1.37. The Morgan fingerprint density at radius 2 is 0.725 bits per heavy atom. The fourth-order valence-electron chi connectivity index (χ4n) is 13.3. The first-order chi connectivity index (χ1) is 62.9. The van der Waals surface area contributed by atoms with Crippen LogP contribution in [0.4, 0.5) is 0 Å². The molecule has 0 unspecified atom stereocenters. The minimum absolute atomic E-state index is 0.0306. The van der Waals surface area contributed by atoms with E-state index in [1.54, 1.807) is 83.0 Å². The number of nitrogens with zero attached hydrogens (tertiary/aromatic N) is 15. The molecule has 0 aliphatic rings. The molecule has 0 bridgehead atoms. The Hall–Kier alpha value is -12.2.